The van der Waals surface area contributed by atoms with Crippen LogP contribution in [0.4, 0.5) is 5.69 Å². The van der Waals surface area contributed by atoms with Crippen molar-refractivity contribution in [2.75, 3.05) is 12.4 Å². The van der Waals surface area contributed by atoms with Gasteiger partial charge in [-0.25, -0.2) is 0 Å². The minimum atomic E-state index is -0.439. The lowest BCUT2D eigenvalue weighted by molar-refractivity contribution is -0.112. The van der Waals surface area contributed by atoms with Crippen LogP contribution >= 0.6 is 0 Å². The van der Waals surface area contributed by atoms with Crippen molar-refractivity contribution in [3.63, 3.8) is 0 Å². The number of benzene rings is 2. The molecule has 0 radical (unpaired) electrons. The first kappa shape index (κ1) is 16.3. The van der Waals surface area contributed by atoms with Crippen molar-refractivity contribution < 1.29 is 9.53 Å². The van der Waals surface area contributed by atoms with Gasteiger partial charge in [0, 0.05) is 11.3 Å². The first-order valence-electron chi connectivity index (χ1n) is 7.18. The maximum absolute atomic E-state index is 12.3. The third kappa shape index (κ3) is 3.98. The summed E-state index contributed by atoms with van der Waals surface area (Å²) < 4.78 is 5.24. The second-order valence-electron chi connectivity index (χ2n) is 5.18. The van der Waals surface area contributed by atoms with Gasteiger partial charge < -0.3 is 10.1 Å². The number of nitriles is 1. The highest BCUT2D eigenvalue weighted by Crippen LogP contribution is 2.21. The highest BCUT2D eigenvalue weighted by Gasteiger charge is 2.12. The van der Waals surface area contributed by atoms with E-state index in [-0.39, 0.29) is 5.57 Å². The predicted molar refractivity (Wildman–Crippen MR) is 91.1 cm³/mol. The van der Waals surface area contributed by atoms with Gasteiger partial charge in [-0.15, -0.1) is 0 Å². The Labute approximate surface area is 136 Å². The molecule has 2 aromatic carbocycles. The van der Waals surface area contributed by atoms with E-state index in [0.29, 0.717) is 17.0 Å². The molecule has 0 atom stereocenters. The topological polar surface area (TPSA) is 62.1 Å². The van der Waals surface area contributed by atoms with Crippen LogP contribution in [0.5, 0.6) is 5.75 Å². The van der Waals surface area contributed by atoms with Crippen molar-refractivity contribution in [3.05, 3.63) is 64.7 Å². The van der Waals surface area contributed by atoms with Gasteiger partial charge in [-0.2, -0.15) is 5.26 Å². The van der Waals surface area contributed by atoms with E-state index < -0.39 is 5.91 Å². The maximum Gasteiger partial charge on any atom is 0.266 e. The minimum Gasteiger partial charge on any atom is -0.496 e. The van der Waals surface area contributed by atoms with Gasteiger partial charge in [0.15, 0.2) is 0 Å². The van der Waals surface area contributed by atoms with Crippen molar-refractivity contribution >= 4 is 17.7 Å². The standard InChI is InChI=1S/C19H18N2O2/c1-13-8-9-17(14(2)10-13)21-19(22)16(12-20)11-15-6-4-5-7-18(15)23-3/h4-11H,1-3H3,(H,21,22)/b16-11-. The Balaban J connectivity index is 2.28. The number of rotatable bonds is 4. The van der Waals surface area contributed by atoms with E-state index in [9.17, 15) is 10.1 Å². The number of ether oxygens (including phenoxy) is 1. The Hall–Kier alpha value is -3.06. The molecule has 23 heavy (non-hydrogen) atoms. The molecule has 0 fully saturated rings. The fraction of sp³-hybridized carbons (Fsp3) is 0.158. The van der Waals surface area contributed by atoms with Crippen LogP contribution in [-0.2, 0) is 4.79 Å². The summed E-state index contributed by atoms with van der Waals surface area (Å²) in [5.74, 6) is 0.171. The van der Waals surface area contributed by atoms with Crippen molar-refractivity contribution in [3.8, 4) is 11.8 Å². The third-order valence-corrected chi connectivity index (χ3v) is 3.43. The Morgan fingerprint density at radius 1 is 1.22 bits per heavy atom. The molecule has 0 unspecified atom stereocenters. The van der Waals surface area contributed by atoms with Crippen LogP contribution in [0, 0.1) is 25.2 Å². The fourth-order valence-corrected chi connectivity index (χ4v) is 2.23. The summed E-state index contributed by atoms with van der Waals surface area (Å²) in [6, 6.07) is 14.9. The molecular formula is C19H18N2O2. The van der Waals surface area contributed by atoms with E-state index in [2.05, 4.69) is 5.32 Å². The summed E-state index contributed by atoms with van der Waals surface area (Å²) >= 11 is 0. The summed E-state index contributed by atoms with van der Waals surface area (Å²) in [6.45, 7) is 3.90. The predicted octanol–water partition coefficient (Wildman–Crippen LogP) is 3.86. The molecule has 0 bridgehead atoms. The van der Waals surface area contributed by atoms with Gasteiger partial charge in [0.05, 0.1) is 7.11 Å². The second-order valence-corrected chi connectivity index (χ2v) is 5.18. The molecule has 0 saturated heterocycles. The zero-order valence-corrected chi connectivity index (χ0v) is 13.4. The first-order valence-corrected chi connectivity index (χ1v) is 7.18. The van der Waals surface area contributed by atoms with Crippen LogP contribution < -0.4 is 10.1 Å². The van der Waals surface area contributed by atoms with Crippen molar-refractivity contribution in [1.29, 1.82) is 5.26 Å². The zero-order chi connectivity index (χ0) is 16.8. The molecule has 0 heterocycles. The van der Waals surface area contributed by atoms with Crippen LogP contribution in [0.25, 0.3) is 6.08 Å². The quantitative estimate of drug-likeness (QED) is 0.689. The Morgan fingerprint density at radius 2 is 1.96 bits per heavy atom. The molecule has 1 amide bonds. The van der Waals surface area contributed by atoms with Crippen LogP contribution in [0.3, 0.4) is 0 Å². The summed E-state index contributed by atoms with van der Waals surface area (Å²) in [7, 11) is 1.55. The molecule has 4 heteroatoms. The molecule has 4 nitrogen and oxygen atoms in total. The van der Waals surface area contributed by atoms with Crippen molar-refractivity contribution in [1.82, 2.24) is 0 Å². The summed E-state index contributed by atoms with van der Waals surface area (Å²) in [5, 5.41) is 12.1. The van der Waals surface area contributed by atoms with Gasteiger partial charge in [0.1, 0.15) is 17.4 Å². The van der Waals surface area contributed by atoms with E-state index >= 15 is 0 Å². The summed E-state index contributed by atoms with van der Waals surface area (Å²) in [4.78, 5) is 12.3. The number of para-hydroxylation sites is 1. The number of hydrogen-bond donors (Lipinski definition) is 1. The average Bonchev–Trinajstić information content (AvgIpc) is 2.55. The van der Waals surface area contributed by atoms with Gasteiger partial charge >= 0.3 is 0 Å². The maximum atomic E-state index is 12.3. The molecular weight excluding hydrogens is 288 g/mol. The average molecular weight is 306 g/mol. The smallest absolute Gasteiger partial charge is 0.266 e. The highest BCUT2D eigenvalue weighted by atomic mass is 16.5. The normalized spacial score (nSPS) is 10.8. The van der Waals surface area contributed by atoms with E-state index in [1.54, 1.807) is 19.2 Å². The molecule has 116 valence electrons. The molecule has 1 N–H and O–H groups in total. The Bertz CT molecular complexity index is 801. The molecule has 0 aliphatic heterocycles. The lowest BCUT2D eigenvalue weighted by atomic mass is 10.1. The van der Waals surface area contributed by atoms with E-state index in [1.807, 2.05) is 50.2 Å². The van der Waals surface area contributed by atoms with E-state index in [1.165, 1.54) is 6.08 Å². The van der Waals surface area contributed by atoms with Crippen LogP contribution in [0.15, 0.2) is 48.0 Å². The number of hydrogen-bond acceptors (Lipinski definition) is 3. The lowest BCUT2D eigenvalue weighted by Crippen LogP contribution is -2.14. The van der Waals surface area contributed by atoms with Crippen molar-refractivity contribution in [2.24, 2.45) is 0 Å². The molecule has 2 aromatic rings. The summed E-state index contributed by atoms with van der Waals surface area (Å²) in [5.41, 5.74) is 3.47. The van der Waals surface area contributed by atoms with Gasteiger partial charge in [0.2, 0.25) is 0 Å². The monoisotopic (exact) mass is 306 g/mol. The number of carbonyl (C=O) groups excluding carboxylic acids is 1. The number of amides is 1. The largest absolute Gasteiger partial charge is 0.496 e. The first-order chi connectivity index (χ1) is 11.0. The molecule has 2 rings (SSSR count). The zero-order valence-electron chi connectivity index (χ0n) is 13.4. The van der Waals surface area contributed by atoms with Crippen LogP contribution in [0.1, 0.15) is 16.7 Å². The van der Waals surface area contributed by atoms with Gasteiger partial charge in [-0.05, 0) is 37.6 Å². The molecule has 0 aromatic heterocycles. The van der Waals surface area contributed by atoms with Crippen LogP contribution in [0.2, 0.25) is 0 Å². The number of methoxy groups -OCH3 is 1. The van der Waals surface area contributed by atoms with Gasteiger partial charge in [0.25, 0.3) is 5.91 Å². The number of nitrogens with one attached hydrogen (secondary N) is 1. The fourth-order valence-electron chi connectivity index (χ4n) is 2.23. The molecule has 0 spiro atoms. The van der Waals surface area contributed by atoms with Gasteiger partial charge in [-0.3, -0.25) is 4.79 Å². The molecule has 0 aliphatic carbocycles. The lowest BCUT2D eigenvalue weighted by Gasteiger charge is -2.09. The summed E-state index contributed by atoms with van der Waals surface area (Å²) in [6.07, 6.45) is 1.53. The molecule has 0 aliphatic rings. The van der Waals surface area contributed by atoms with E-state index in [4.69, 9.17) is 4.74 Å². The molecule has 0 saturated carbocycles. The SMILES string of the molecule is COc1ccccc1/C=C(/C#N)C(=O)Nc1ccc(C)cc1C. The highest BCUT2D eigenvalue weighted by molar-refractivity contribution is 6.10. The number of anilines is 1. The third-order valence-electron chi connectivity index (χ3n) is 3.43. The number of nitrogens with zero attached hydrogens (tertiary/aromatic N) is 1. The van der Waals surface area contributed by atoms with Crippen molar-refractivity contribution in [2.45, 2.75) is 13.8 Å². The minimum absolute atomic E-state index is 0.0227. The second kappa shape index (κ2) is 7.28. The number of aryl methyl sites for hydroxylation is 2. The number of carbonyl (C=O) groups is 1. The Morgan fingerprint density at radius 3 is 2.61 bits per heavy atom. The van der Waals surface area contributed by atoms with Crippen LogP contribution in [-0.4, -0.2) is 13.0 Å². The Kier molecular flexibility index (Phi) is 5.16. The van der Waals surface area contributed by atoms with Gasteiger partial charge in [-0.1, -0.05) is 35.9 Å². The van der Waals surface area contributed by atoms with E-state index in [0.717, 1.165) is 11.1 Å².